The zero-order chi connectivity index (χ0) is 22.8. The van der Waals surface area contributed by atoms with Gasteiger partial charge in [-0.05, 0) is 26.3 Å². The molecule has 4 heterocycles. The second-order valence-corrected chi connectivity index (χ2v) is 7.90. The van der Waals surface area contributed by atoms with Crippen LogP contribution in [0.15, 0.2) is 24.7 Å². The van der Waals surface area contributed by atoms with Gasteiger partial charge in [0.1, 0.15) is 0 Å². The van der Waals surface area contributed by atoms with Crippen molar-refractivity contribution in [2.75, 3.05) is 28.6 Å². The fourth-order valence-electron chi connectivity index (χ4n) is 3.49. The summed E-state index contributed by atoms with van der Waals surface area (Å²) in [4.78, 5) is 39.8. The topological polar surface area (TPSA) is 150 Å². The first-order chi connectivity index (χ1) is 15.3. The third-order valence-corrected chi connectivity index (χ3v) is 4.98. The number of amides is 3. The molecule has 0 unspecified atom stereocenters. The van der Waals surface area contributed by atoms with E-state index in [4.69, 9.17) is 0 Å². The molecule has 1 aliphatic rings. The minimum atomic E-state index is -0.580. The van der Waals surface area contributed by atoms with Crippen molar-refractivity contribution in [2.45, 2.75) is 32.4 Å². The predicted octanol–water partition coefficient (Wildman–Crippen LogP) is 1.11. The number of β-amino-alcohol motifs (C(OH)–C–C–N with tert-alkyl or cyclic N) is 1. The number of fused-ring (bicyclic) bond motifs is 1. The molecule has 3 aromatic rings. The van der Waals surface area contributed by atoms with Gasteiger partial charge in [-0.25, -0.2) is 14.5 Å². The molecule has 12 heteroatoms. The van der Waals surface area contributed by atoms with Gasteiger partial charge in [0.2, 0.25) is 5.95 Å². The Hall–Kier alpha value is -3.80. The Balaban J connectivity index is 1.52. The number of aliphatic hydroxyl groups is 1. The fourth-order valence-corrected chi connectivity index (χ4v) is 3.49. The van der Waals surface area contributed by atoms with Crippen LogP contribution < -0.4 is 20.9 Å². The van der Waals surface area contributed by atoms with Gasteiger partial charge >= 0.3 is 6.03 Å². The summed E-state index contributed by atoms with van der Waals surface area (Å²) in [5, 5.41) is 22.8. The Kier molecular flexibility index (Phi) is 5.86. The number of rotatable bonds is 5. The molecule has 3 aromatic heterocycles. The van der Waals surface area contributed by atoms with E-state index in [1.165, 1.54) is 18.5 Å². The molecule has 1 atom stereocenters. The summed E-state index contributed by atoms with van der Waals surface area (Å²) in [6, 6.07) is 0.906. The SMILES string of the molecule is CC(C)NC(=O)c1ccncc1NC(=O)Nc1nn(C)c2nc(N3CC[C@@H](O)C3)ncc12. The Morgan fingerprint density at radius 2 is 2.06 bits per heavy atom. The van der Waals surface area contributed by atoms with E-state index in [1.54, 1.807) is 17.9 Å². The summed E-state index contributed by atoms with van der Waals surface area (Å²) in [7, 11) is 1.72. The van der Waals surface area contributed by atoms with E-state index in [-0.39, 0.29) is 29.6 Å². The van der Waals surface area contributed by atoms with Gasteiger partial charge in [-0.3, -0.25) is 15.1 Å². The highest BCUT2D eigenvalue weighted by atomic mass is 16.3. The molecule has 1 saturated heterocycles. The van der Waals surface area contributed by atoms with E-state index in [0.717, 1.165) is 0 Å². The lowest BCUT2D eigenvalue weighted by atomic mass is 10.2. The van der Waals surface area contributed by atoms with Gasteiger partial charge in [0.15, 0.2) is 11.5 Å². The maximum atomic E-state index is 12.6. The second-order valence-electron chi connectivity index (χ2n) is 7.90. The van der Waals surface area contributed by atoms with Crippen molar-refractivity contribution < 1.29 is 14.7 Å². The van der Waals surface area contributed by atoms with Crippen molar-refractivity contribution in [3.63, 3.8) is 0 Å². The molecule has 32 heavy (non-hydrogen) atoms. The number of hydrogen-bond acceptors (Lipinski definition) is 8. The van der Waals surface area contributed by atoms with E-state index < -0.39 is 6.03 Å². The smallest absolute Gasteiger partial charge is 0.324 e. The normalized spacial score (nSPS) is 15.9. The van der Waals surface area contributed by atoms with Crippen LogP contribution >= 0.6 is 0 Å². The van der Waals surface area contributed by atoms with Gasteiger partial charge in [-0.15, -0.1) is 0 Å². The first kappa shape index (κ1) is 21.4. The maximum absolute atomic E-state index is 12.6. The molecule has 4 N–H and O–H groups in total. The highest BCUT2D eigenvalue weighted by Gasteiger charge is 2.24. The molecule has 1 aliphatic heterocycles. The molecule has 168 valence electrons. The molecule has 0 aliphatic carbocycles. The van der Waals surface area contributed by atoms with Crippen molar-refractivity contribution in [2.24, 2.45) is 7.05 Å². The van der Waals surface area contributed by atoms with Gasteiger partial charge < -0.3 is 20.6 Å². The zero-order valence-corrected chi connectivity index (χ0v) is 18.0. The Morgan fingerprint density at radius 1 is 1.25 bits per heavy atom. The van der Waals surface area contributed by atoms with Crippen LogP contribution in [0.25, 0.3) is 11.0 Å². The van der Waals surface area contributed by atoms with E-state index in [2.05, 4.69) is 36.0 Å². The van der Waals surface area contributed by atoms with Crippen molar-refractivity contribution in [1.29, 1.82) is 0 Å². The Morgan fingerprint density at radius 3 is 2.78 bits per heavy atom. The average molecular weight is 439 g/mol. The first-order valence-electron chi connectivity index (χ1n) is 10.3. The quantitative estimate of drug-likeness (QED) is 0.462. The fraction of sp³-hybridized carbons (Fsp3) is 0.400. The van der Waals surface area contributed by atoms with Crippen LogP contribution in [0, 0.1) is 0 Å². The minimum absolute atomic E-state index is 0.0501. The van der Waals surface area contributed by atoms with Crippen LogP contribution in [0.5, 0.6) is 0 Å². The Bertz CT molecular complexity index is 1160. The summed E-state index contributed by atoms with van der Waals surface area (Å²) in [5.74, 6) is 0.475. The standard InChI is InChI=1S/C20H25N9O3/c1-11(2)23-18(31)13-4-6-21-9-15(13)24-20(32)25-16-14-8-22-19(26-17(14)28(3)27-16)29-7-5-12(30)10-29/h4,6,8-9,11-12,30H,5,7,10H2,1-3H3,(H,23,31)(H2,24,25,27,32)/t12-/m1/s1. The van der Waals surface area contributed by atoms with Gasteiger partial charge in [-0.1, -0.05) is 0 Å². The largest absolute Gasteiger partial charge is 0.391 e. The van der Waals surface area contributed by atoms with Crippen LogP contribution in [0.2, 0.25) is 0 Å². The van der Waals surface area contributed by atoms with Crippen LogP contribution in [-0.4, -0.2) is 67.0 Å². The van der Waals surface area contributed by atoms with Crippen LogP contribution in [0.4, 0.5) is 22.2 Å². The summed E-state index contributed by atoms with van der Waals surface area (Å²) < 4.78 is 1.55. The number of urea groups is 1. The average Bonchev–Trinajstić information content (AvgIpc) is 3.31. The number of aliphatic hydroxyl groups excluding tert-OH is 1. The number of aryl methyl sites for hydroxylation is 1. The summed E-state index contributed by atoms with van der Waals surface area (Å²) in [5.41, 5.74) is 1.12. The van der Waals surface area contributed by atoms with Gasteiger partial charge in [0, 0.05) is 38.6 Å². The summed E-state index contributed by atoms with van der Waals surface area (Å²) in [6.45, 7) is 4.86. The lowest BCUT2D eigenvalue weighted by Crippen LogP contribution is -2.31. The van der Waals surface area contributed by atoms with Crippen molar-refractivity contribution >= 4 is 40.4 Å². The number of nitrogens with zero attached hydrogens (tertiary/aromatic N) is 6. The lowest BCUT2D eigenvalue weighted by molar-refractivity contribution is 0.0944. The molecular weight excluding hydrogens is 414 g/mol. The number of carbonyl (C=O) groups excluding carboxylic acids is 2. The summed E-state index contributed by atoms with van der Waals surface area (Å²) in [6.07, 6.45) is 4.77. The molecule has 3 amide bonds. The molecule has 0 aromatic carbocycles. The number of anilines is 3. The van der Waals surface area contributed by atoms with Gasteiger partial charge in [0.25, 0.3) is 5.91 Å². The van der Waals surface area contributed by atoms with Crippen LogP contribution in [0.1, 0.15) is 30.6 Å². The molecule has 0 spiro atoms. The molecule has 0 bridgehead atoms. The van der Waals surface area contributed by atoms with Gasteiger partial charge in [0.05, 0.1) is 28.9 Å². The number of nitrogens with one attached hydrogen (secondary N) is 3. The highest BCUT2D eigenvalue weighted by Crippen LogP contribution is 2.24. The van der Waals surface area contributed by atoms with Crippen molar-refractivity contribution in [3.05, 3.63) is 30.2 Å². The third kappa shape index (κ3) is 4.44. The van der Waals surface area contributed by atoms with E-state index >= 15 is 0 Å². The van der Waals surface area contributed by atoms with Crippen molar-refractivity contribution in [3.8, 4) is 0 Å². The maximum Gasteiger partial charge on any atom is 0.324 e. The molecule has 4 rings (SSSR count). The van der Waals surface area contributed by atoms with E-state index in [9.17, 15) is 14.7 Å². The van der Waals surface area contributed by atoms with Crippen LogP contribution in [0.3, 0.4) is 0 Å². The number of aromatic nitrogens is 5. The zero-order valence-electron chi connectivity index (χ0n) is 18.0. The second kappa shape index (κ2) is 8.75. The number of hydrogen-bond donors (Lipinski definition) is 4. The van der Waals surface area contributed by atoms with Gasteiger partial charge in [-0.2, -0.15) is 10.1 Å². The van der Waals surface area contributed by atoms with Crippen LogP contribution in [-0.2, 0) is 7.05 Å². The third-order valence-electron chi connectivity index (χ3n) is 4.98. The molecular formula is C20H25N9O3. The Labute approximate surface area is 184 Å². The lowest BCUT2D eigenvalue weighted by Gasteiger charge is -2.14. The molecule has 12 nitrogen and oxygen atoms in total. The number of pyridine rings is 1. The monoisotopic (exact) mass is 439 g/mol. The minimum Gasteiger partial charge on any atom is -0.391 e. The first-order valence-corrected chi connectivity index (χ1v) is 10.3. The molecule has 0 saturated carbocycles. The number of carbonyl (C=O) groups is 2. The van der Waals surface area contributed by atoms with E-state index in [0.29, 0.717) is 42.1 Å². The van der Waals surface area contributed by atoms with E-state index in [1.807, 2.05) is 18.7 Å². The van der Waals surface area contributed by atoms with Crippen molar-refractivity contribution in [1.82, 2.24) is 30.0 Å². The predicted molar refractivity (Wildman–Crippen MR) is 119 cm³/mol. The molecule has 0 radical (unpaired) electrons. The highest BCUT2D eigenvalue weighted by molar-refractivity contribution is 6.08. The summed E-state index contributed by atoms with van der Waals surface area (Å²) >= 11 is 0. The molecule has 1 fully saturated rings.